The van der Waals surface area contributed by atoms with E-state index < -0.39 is 0 Å². The predicted octanol–water partition coefficient (Wildman–Crippen LogP) is 2.20. The minimum atomic E-state index is 0.259. The second-order valence-electron chi connectivity index (χ2n) is 5.57. The van der Waals surface area contributed by atoms with Gasteiger partial charge in [-0.2, -0.15) is 0 Å². The first-order chi connectivity index (χ1) is 9.22. The van der Waals surface area contributed by atoms with Gasteiger partial charge in [-0.1, -0.05) is 28.1 Å². The van der Waals surface area contributed by atoms with Crippen LogP contribution in [0.1, 0.15) is 18.4 Å². The van der Waals surface area contributed by atoms with E-state index in [4.69, 9.17) is 0 Å². The summed E-state index contributed by atoms with van der Waals surface area (Å²) in [6.07, 6.45) is 3.02. The molecule has 3 nitrogen and oxygen atoms in total. The summed E-state index contributed by atoms with van der Waals surface area (Å²) in [5, 5.41) is 3.54. The van der Waals surface area contributed by atoms with Crippen LogP contribution in [0.25, 0.3) is 0 Å². The molecule has 2 heterocycles. The van der Waals surface area contributed by atoms with E-state index in [1.54, 1.807) is 0 Å². The fraction of sp³-hybridized carbons (Fsp3) is 0.533. The maximum atomic E-state index is 12.4. The molecule has 0 aliphatic carbocycles. The van der Waals surface area contributed by atoms with Crippen LogP contribution in [0.3, 0.4) is 0 Å². The second kappa shape index (κ2) is 5.63. The van der Waals surface area contributed by atoms with Crippen molar-refractivity contribution >= 4 is 21.8 Å². The quantitative estimate of drug-likeness (QED) is 0.905. The minimum Gasteiger partial charge on any atom is -0.341 e. The Morgan fingerprint density at radius 1 is 1.42 bits per heavy atom. The number of benzene rings is 1. The summed E-state index contributed by atoms with van der Waals surface area (Å²) in [6.45, 7) is 2.93. The molecule has 0 radical (unpaired) electrons. The van der Waals surface area contributed by atoms with Crippen molar-refractivity contribution < 1.29 is 4.79 Å². The summed E-state index contributed by atoms with van der Waals surface area (Å²) in [7, 11) is 0. The molecule has 0 spiro atoms. The van der Waals surface area contributed by atoms with E-state index in [2.05, 4.69) is 21.2 Å². The maximum absolute atomic E-state index is 12.4. The molecule has 2 saturated heterocycles. The number of nitrogens with zero attached hydrogens (tertiary/aromatic N) is 1. The van der Waals surface area contributed by atoms with Gasteiger partial charge in [-0.15, -0.1) is 0 Å². The molecule has 1 N–H and O–H groups in total. The SMILES string of the molecule is O=C(Cc1cccc(Br)c1)N1CC2CCCNC2C1. The van der Waals surface area contributed by atoms with E-state index in [0.29, 0.717) is 18.4 Å². The van der Waals surface area contributed by atoms with Crippen LogP contribution in [-0.2, 0) is 11.2 Å². The van der Waals surface area contributed by atoms with Crippen molar-refractivity contribution in [3.63, 3.8) is 0 Å². The number of piperidine rings is 1. The summed E-state index contributed by atoms with van der Waals surface area (Å²) < 4.78 is 1.04. The molecule has 0 saturated carbocycles. The van der Waals surface area contributed by atoms with Gasteiger partial charge in [0.15, 0.2) is 0 Å². The number of nitrogens with one attached hydrogen (secondary N) is 1. The van der Waals surface area contributed by atoms with Crippen LogP contribution in [0.4, 0.5) is 0 Å². The van der Waals surface area contributed by atoms with Crippen LogP contribution in [0, 0.1) is 5.92 Å². The third kappa shape index (κ3) is 3.00. The second-order valence-corrected chi connectivity index (χ2v) is 6.48. The Labute approximate surface area is 122 Å². The van der Waals surface area contributed by atoms with E-state index in [0.717, 1.165) is 29.7 Å². The van der Waals surface area contributed by atoms with Gasteiger partial charge in [0, 0.05) is 23.6 Å². The van der Waals surface area contributed by atoms with E-state index in [-0.39, 0.29) is 5.91 Å². The van der Waals surface area contributed by atoms with Gasteiger partial charge < -0.3 is 10.2 Å². The van der Waals surface area contributed by atoms with Gasteiger partial charge >= 0.3 is 0 Å². The number of hydrogen-bond acceptors (Lipinski definition) is 2. The lowest BCUT2D eigenvalue weighted by Crippen LogP contribution is -2.41. The van der Waals surface area contributed by atoms with Crippen molar-refractivity contribution in [3.05, 3.63) is 34.3 Å². The molecule has 1 aromatic rings. The number of fused-ring (bicyclic) bond motifs is 1. The molecule has 0 bridgehead atoms. The van der Waals surface area contributed by atoms with Crippen molar-refractivity contribution in [1.82, 2.24) is 10.2 Å². The van der Waals surface area contributed by atoms with E-state index in [1.807, 2.05) is 29.2 Å². The van der Waals surface area contributed by atoms with Gasteiger partial charge in [0.05, 0.1) is 6.42 Å². The molecular formula is C15H19BrN2O. The summed E-state index contributed by atoms with van der Waals surface area (Å²) in [6, 6.07) is 8.55. The van der Waals surface area contributed by atoms with Gasteiger partial charge in [0.25, 0.3) is 0 Å². The lowest BCUT2D eigenvalue weighted by atomic mass is 9.94. The zero-order chi connectivity index (χ0) is 13.2. The zero-order valence-corrected chi connectivity index (χ0v) is 12.5. The molecule has 4 heteroatoms. The Bertz CT molecular complexity index is 463. The van der Waals surface area contributed by atoms with Crippen LogP contribution in [-0.4, -0.2) is 36.5 Å². The van der Waals surface area contributed by atoms with Gasteiger partial charge in [-0.3, -0.25) is 4.79 Å². The molecule has 1 amide bonds. The molecule has 2 atom stereocenters. The van der Waals surface area contributed by atoms with Crippen molar-refractivity contribution in [2.24, 2.45) is 5.92 Å². The number of carbonyl (C=O) groups excluding carboxylic acids is 1. The maximum Gasteiger partial charge on any atom is 0.227 e. The number of carbonyl (C=O) groups is 1. The van der Waals surface area contributed by atoms with E-state index in [1.165, 1.54) is 12.8 Å². The van der Waals surface area contributed by atoms with Crippen molar-refractivity contribution in [2.45, 2.75) is 25.3 Å². The highest BCUT2D eigenvalue weighted by atomic mass is 79.9. The average molecular weight is 323 g/mol. The Morgan fingerprint density at radius 2 is 2.32 bits per heavy atom. The fourth-order valence-corrected chi connectivity index (χ4v) is 3.63. The van der Waals surface area contributed by atoms with Crippen LogP contribution in [0.2, 0.25) is 0 Å². The molecule has 0 aromatic heterocycles. The molecular weight excluding hydrogens is 304 g/mol. The van der Waals surface area contributed by atoms with E-state index in [9.17, 15) is 4.79 Å². The highest BCUT2D eigenvalue weighted by molar-refractivity contribution is 9.10. The van der Waals surface area contributed by atoms with E-state index >= 15 is 0 Å². The summed E-state index contributed by atoms with van der Waals surface area (Å²) >= 11 is 3.45. The molecule has 2 fully saturated rings. The predicted molar refractivity (Wildman–Crippen MR) is 78.9 cm³/mol. The molecule has 2 aliphatic heterocycles. The first kappa shape index (κ1) is 13.1. The smallest absolute Gasteiger partial charge is 0.227 e. The Hall–Kier alpha value is -0.870. The highest BCUT2D eigenvalue weighted by Crippen LogP contribution is 2.25. The van der Waals surface area contributed by atoms with Gasteiger partial charge in [0.2, 0.25) is 5.91 Å². The number of amides is 1. The van der Waals surface area contributed by atoms with Gasteiger partial charge in [0.1, 0.15) is 0 Å². The van der Waals surface area contributed by atoms with Crippen LogP contribution < -0.4 is 5.32 Å². The number of hydrogen-bond donors (Lipinski definition) is 1. The minimum absolute atomic E-state index is 0.259. The lowest BCUT2D eigenvalue weighted by Gasteiger charge is -2.24. The third-order valence-electron chi connectivity index (χ3n) is 4.20. The Balaban J connectivity index is 1.62. The van der Waals surface area contributed by atoms with Crippen molar-refractivity contribution in [2.75, 3.05) is 19.6 Å². The average Bonchev–Trinajstić information content (AvgIpc) is 2.82. The van der Waals surface area contributed by atoms with Crippen LogP contribution in [0.5, 0.6) is 0 Å². The lowest BCUT2D eigenvalue weighted by molar-refractivity contribution is -0.129. The van der Waals surface area contributed by atoms with Crippen molar-refractivity contribution in [1.29, 1.82) is 0 Å². The van der Waals surface area contributed by atoms with Crippen molar-refractivity contribution in [3.8, 4) is 0 Å². The summed E-state index contributed by atoms with van der Waals surface area (Å²) in [4.78, 5) is 14.4. The first-order valence-corrected chi connectivity index (χ1v) is 7.77. The normalized spacial score (nSPS) is 26.3. The zero-order valence-electron chi connectivity index (χ0n) is 10.9. The monoisotopic (exact) mass is 322 g/mol. The number of likely N-dealkylation sites (tertiary alicyclic amines) is 1. The van der Waals surface area contributed by atoms with Crippen LogP contribution in [0.15, 0.2) is 28.7 Å². The Morgan fingerprint density at radius 3 is 3.11 bits per heavy atom. The molecule has 1 aromatic carbocycles. The molecule has 19 heavy (non-hydrogen) atoms. The molecule has 2 aliphatic rings. The standard InChI is InChI=1S/C15H19BrN2O/c16-13-5-1-3-11(7-13)8-15(19)18-9-12-4-2-6-17-14(12)10-18/h1,3,5,7,12,14,17H,2,4,6,8-10H2. The van der Waals surface area contributed by atoms with Gasteiger partial charge in [-0.05, 0) is 43.0 Å². The number of rotatable bonds is 2. The largest absolute Gasteiger partial charge is 0.341 e. The summed E-state index contributed by atoms with van der Waals surface area (Å²) in [5.41, 5.74) is 1.09. The molecule has 2 unspecified atom stereocenters. The molecule has 102 valence electrons. The van der Waals surface area contributed by atoms with Crippen LogP contribution >= 0.6 is 15.9 Å². The Kier molecular flexibility index (Phi) is 3.89. The number of halogens is 1. The topological polar surface area (TPSA) is 32.3 Å². The van der Waals surface area contributed by atoms with Gasteiger partial charge in [-0.25, -0.2) is 0 Å². The molecule has 3 rings (SSSR count). The highest BCUT2D eigenvalue weighted by Gasteiger charge is 2.36. The summed E-state index contributed by atoms with van der Waals surface area (Å²) in [5.74, 6) is 0.925. The fourth-order valence-electron chi connectivity index (χ4n) is 3.18. The third-order valence-corrected chi connectivity index (χ3v) is 4.69. The first-order valence-electron chi connectivity index (χ1n) is 6.98.